The Hall–Kier alpha value is -2.16. The zero-order valence-electron chi connectivity index (χ0n) is 15.3. The van der Waals surface area contributed by atoms with Gasteiger partial charge in [-0.2, -0.15) is 0 Å². The summed E-state index contributed by atoms with van der Waals surface area (Å²) in [5.74, 6) is -2.12. The van der Waals surface area contributed by atoms with Crippen molar-refractivity contribution in [3.8, 4) is 0 Å². The van der Waals surface area contributed by atoms with Crippen LogP contribution in [0.5, 0.6) is 0 Å². The zero-order chi connectivity index (χ0) is 19.8. The Morgan fingerprint density at radius 3 is 0.966 bits per heavy atom. The Morgan fingerprint density at radius 1 is 0.483 bits per heavy atom. The zero-order valence-corrected chi connectivity index (χ0v) is 24.2. The molecular formula is C21H18Bi2O6. The Bertz CT molecular complexity index is 821. The molecule has 0 fully saturated rings. The molecule has 0 aliphatic rings. The summed E-state index contributed by atoms with van der Waals surface area (Å²) < 4.78 is 15.9. The summed E-state index contributed by atoms with van der Waals surface area (Å²) >= 11 is -4.22. The van der Waals surface area contributed by atoms with Gasteiger partial charge in [0.2, 0.25) is 0 Å². The Kier molecular flexibility index (Phi) is 9.36. The third kappa shape index (κ3) is 6.99. The molecule has 0 unspecified atom stereocenters. The van der Waals surface area contributed by atoms with E-state index in [1.807, 2.05) is 0 Å². The molecule has 0 heterocycles. The quantitative estimate of drug-likeness (QED) is 0.358. The van der Waals surface area contributed by atoms with Crippen LogP contribution < -0.4 is 0 Å². The van der Waals surface area contributed by atoms with Crippen LogP contribution in [-0.2, 0) is 8.44 Å². The fraction of sp³-hybridized carbons (Fsp3) is 0. The van der Waals surface area contributed by atoms with Crippen molar-refractivity contribution >= 4 is 67.2 Å². The Morgan fingerprint density at radius 2 is 0.724 bits per heavy atom. The molecule has 0 atom stereocenters. The molecule has 0 aliphatic heterocycles. The summed E-state index contributed by atoms with van der Waals surface area (Å²) in [6, 6.07) is 24.6. The molecule has 8 heteroatoms. The van der Waals surface area contributed by atoms with Crippen LogP contribution in [0, 0.1) is 0 Å². The summed E-state index contributed by atoms with van der Waals surface area (Å²) in [6.45, 7) is 0. The van der Waals surface area contributed by atoms with Crippen molar-refractivity contribution in [2.45, 2.75) is 0 Å². The van der Waals surface area contributed by atoms with Gasteiger partial charge in [0.1, 0.15) is 0 Å². The van der Waals surface area contributed by atoms with Gasteiger partial charge >= 0.3 is 198 Å². The molecule has 3 aromatic rings. The van der Waals surface area contributed by atoms with Crippen LogP contribution in [0.15, 0.2) is 91.0 Å². The predicted molar refractivity (Wildman–Crippen MR) is 111 cm³/mol. The molecule has 148 valence electrons. The fourth-order valence-electron chi connectivity index (χ4n) is 2.14. The fourth-order valence-corrected chi connectivity index (χ4v) is 5.38. The minimum atomic E-state index is -4.22. The van der Waals surface area contributed by atoms with Crippen LogP contribution >= 0.6 is 0 Å². The van der Waals surface area contributed by atoms with Crippen LogP contribution in [0.25, 0.3) is 0 Å². The van der Waals surface area contributed by atoms with E-state index in [9.17, 15) is 14.4 Å². The second-order valence-electron chi connectivity index (χ2n) is 5.46. The van der Waals surface area contributed by atoms with Crippen LogP contribution in [0.2, 0.25) is 0 Å². The average Bonchev–Trinajstić information content (AvgIpc) is 2.75. The number of hydrogen-bond acceptors (Lipinski definition) is 6. The van der Waals surface area contributed by atoms with E-state index in [2.05, 4.69) is 0 Å². The predicted octanol–water partition coefficient (Wildman–Crippen LogP) is 2.36. The SMILES string of the molecule is O=C([O][Bi]([O]C(=O)c1ccccc1)[O]C(=O)c1ccccc1)c1ccccc1.[BiH3]. The van der Waals surface area contributed by atoms with Crippen LogP contribution in [0.3, 0.4) is 0 Å². The minimum absolute atomic E-state index is 0. The van der Waals surface area contributed by atoms with Crippen LogP contribution in [-0.4, -0.2) is 67.2 Å². The van der Waals surface area contributed by atoms with Crippen LogP contribution in [0.1, 0.15) is 31.1 Å². The van der Waals surface area contributed by atoms with Gasteiger partial charge in [-0.05, 0) is 0 Å². The third-order valence-electron chi connectivity index (χ3n) is 3.50. The van der Waals surface area contributed by atoms with Gasteiger partial charge in [0.25, 0.3) is 0 Å². The van der Waals surface area contributed by atoms with Crippen molar-refractivity contribution < 1.29 is 22.8 Å². The van der Waals surface area contributed by atoms with Crippen molar-refractivity contribution in [1.29, 1.82) is 0 Å². The molecule has 0 aliphatic carbocycles. The summed E-state index contributed by atoms with van der Waals surface area (Å²) in [7, 11) is 0. The van der Waals surface area contributed by atoms with E-state index in [0.717, 1.165) is 0 Å². The molecule has 0 radical (unpaired) electrons. The van der Waals surface area contributed by atoms with Crippen molar-refractivity contribution in [2.24, 2.45) is 0 Å². The molecule has 0 bridgehead atoms. The van der Waals surface area contributed by atoms with E-state index in [-0.39, 0.29) is 42.9 Å². The van der Waals surface area contributed by atoms with Crippen molar-refractivity contribution in [3.05, 3.63) is 108 Å². The normalized spacial score (nSPS) is 9.83. The Labute approximate surface area is 196 Å². The van der Waals surface area contributed by atoms with Gasteiger partial charge in [0, 0.05) is 0 Å². The van der Waals surface area contributed by atoms with Gasteiger partial charge in [-0.1, -0.05) is 0 Å². The average molecular weight is 784 g/mol. The van der Waals surface area contributed by atoms with E-state index >= 15 is 0 Å². The van der Waals surface area contributed by atoms with E-state index in [0.29, 0.717) is 0 Å². The first-order valence-electron chi connectivity index (χ1n) is 8.25. The van der Waals surface area contributed by atoms with Crippen molar-refractivity contribution in [3.63, 3.8) is 0 Å². The van der Waals surface area contributed by atoms with Gasteiger partial charge < -0.3 is 0 Å². The summed E-state index contributed by atoms with van der Waals surface area (Å²) in [6.07, 6.45) is 0. The van der Waals surface area contributed by atoms with Gasteiger partial charge in [-0.3, -0.25) is 0 Å². The number of hydrogen-bond donors (Lipinski definition) is 0. The van der Waals surface area contributed by atoms with Gasteiger partial charge in [-0.15, -0.1) is 0 Å². The molecule has 3 rings (SSSR count). The monoisotopic (exact) mass is 784 g/mol. The molecule has 0 N–H and O–H groups in total. The van der Waals surface area contributed by atoms with Crippen molar-refractivity contribution in [1.82, 2.24) is 0 Å². The first-order valence-corrected chi connectivity index (χ1v) is 12.5. The molecule has 6 nitrogen and oxygen atoms in total. The molecular weight excluding hydrogens is 766 g/mol. The number of carbonyl (C=O) groups excluding carboxylic acids is 3. The molecule has 29 heavy (non-hydrogen) atoms. The number of carbonyl (C=O) groups is 3. The molecule has 0 saturated heterocycles. The van der Waals surface area contributed by atoms with Gasteiger partial charge in [0.05, 0.1) is 0 Å². The summed E-state index contributed by atoms with van der Waals surface area (Å²) in [5.41, 5.74) is 0.817. The van der Waals surface area contributed by atoms with E-state index < -0.39 is 41.0 Å². The molecule has 0 aromatic heterocycles. The number of rotatable bonds is 6. The third-order valence-corrected chi connectivity index (χ3v) is 7.17. The topological polar surface area (TPSA) is 78.9 Å². The number of benzene rings is 3. The Balaban J connectivity index is 0.00000300. The van der Waals surface area contributed by atoms with E-state index in [4.69, 9.17) is 8.44 Å². The van der Waals surface area contributed by atoms with Gasteiger partial charge in [-0.25, -0.2) is 0 Å². The van der Waals surface area contributed by atoms with E-state index in [1.54, 1.807) is 91.0 Å². The van der Waals surface area contributed by atoms with Gasteiger partial charge in [0.15, 0.2) is 0 Å². The molecule has 3 aromatic carbocycles. The van der Waals surface area contributed by atoms with Crippen molar-refractivity contribution in [2.75, 3.05) is 0 Å². The van der Waals surface area contributed by atoms with E-state index in [1.165, 1.54) is 0 Å². The maximum atomic E-state index is 12.3. The molecule has 0 spiro atoms. The first-order chi connectivity index (χ1) is 13.6. The first kappa shape index (κ1) is 23.1. The second kappa shape index (κ2) is 11.7. The maximum absolute atomic E-state index is 12.3. The molecule has 0 amide bonds. The molecule has 0 saturated carbocycles. The summed E-state index contributed by atoms with van der Waals surface area (Å²) in [4.78, 5) is 37.0. The van der Waals surface area contributed by atoms with Crippen LogP contribution in [0.4, 0.5) is 0 Å². The summed E-state index contributed by atoms with van der Waals surface area (Å²) in [5, 5.41) is 0. The standard InChI is InChI=1S/3C7H6O2.2Bi.3H/c3*8-7(9)6-4-2-1-3-5-6;;;;;/h3*1-5H,(H,8,9);;;;;/q;;;;+3;;;/p-3. The second-order valence-corrected chi connectivity index (χ2v) is 9.33.